The fraction of sp³-hybridized carbons (Fsp3) is 0.818. The van der Waals surface area contributed by atoms with Crippen molar-refractivity contribution in [1.29, 1.82) is 0 Å². The highest BCUT2D eigenvalue weighted by molar-refractivity contribution is 5.91. The van der Waals surface area contributed by atoms with Crippen LogP contribution < -0.4 is 10.9 Å². The van der Waals surface area contributed by atoms with E-state index in [2.05, 4.69) is 24.7 Å². The smallest absolute Gasteiger partial charge is 0.242 e. The Morgan fingerprint density at radius 1 is 1.31 bits per heavy atom. The summed E-state index contributed by atoms with van der Waals surface area (Å²) in [6, 6.07) is 0.193. The van der Waals surface area contributed by atoms with E-state index >= 15 is 0 Å². The Bertz CT molecular complexity index is 296. The number of hydrogen-bond acceptors (Lipinski definition) is 3. The largest absolute Gasteiger partial charge is 0.336 e. The molecule has 16 heavy (non-hydrogen) atoms. The molecule has 0 spiro atoms. The van der Waals surface area contributed by atoms with Crippen molar-refractivity contribution < 1.29 is 9.59 Å². The zero-order valence-electron chi connectivity index (χ0n) is 9.82. The minimum Gasteiger partial charge on any atom is -0.336 e. The van der Waals surface area contributed by atoms with Crippen LogP contribution in [0.25, 0.3) is 0 Å². The van der Waals surface area contributed by atoms with Crippen LogP contribution in [0.3, 0.4) is 0 Å². The van der Waals surface area contributed by atoms with Gasteiger partial charge >= 0.3 is 0 Å². The number of hydrogen-bond donors (Lipinski definition) is 2. The third-order valence-corrected chi connectivity index (χ3v) is 3.52. The molecule has 3 unspecified atom stereocenters. The summed E-state index contributed by atoms with van der Waals surface area (Å²) in [5, 5.41) is 0. The molecule has 2 aliphatic rings. The molecule has 0 saturated carbocycles. The fourth-order valence-electron chi connectivity index (χ4n) is 2.64. The van der Waals surface area contributed by atoms with Crippen molar-refractivity contribution in [3.05, 3.63) is 0 Å². The first-order chi connectivity index (χ1) is 7.59. The normalized spacial score (nSPS) is 35.0. The number of rotatable bonds is 1. The maximum atomic E-state index is 12.2. The van der Waals surface area contributed by atoms with E-state index in [9.17, 15) is 9.59 Å². The highest BCUT2D eigenvalue weighted by Crippen LogP contribution is 2.23. The topological polar surface area (TPSA) is 61.4 Å². The SMILES string of the molecule is CC1CCCC(C)N1C(=O)C1CC(=O)NN1. The second-order valence-corrected chi connectivity index (χ2v) is 4.82. The van der Waals surface area contributed by atoms with Gasteiger partial charge in [-0.25, -0.2) is 5.43 Å². The number of carbonyl (C=O) groups excluding carboxylic acids is 2. The van der Waals surface area contributed by atoms with Gasteiger partial charge in [0.1, 0.15) is 6.04 Å². The highest BCUT2D eigenvalue weighted by Gasteiger charge is 2.36. The summed E-state index contributed by atoms with van der Waals surface area (Å²) in [4.78, 5) is 25.2. The van der Waals surface area contributed by atoms with Crippen LogP contribution in [-0.2, 0) is 9.59 Å². The summed E-state index contributed by atoms with van der Waals surface area (Å²) in [6.45, 7) is 4.16. The Morgan fingerprint density at radius 2 is 1.94 bits per heavy atom. The first-order valence-corrected chi connectivity index (χ1v) is 5.96. The van der Waals surface area contributed by atoms with Gasteiger partial charge in [0.05, 0.1) is 6.42 Å². The predicted molar refractivity (Wildman–Crippen MR) is 59.3 cm³/mol. The van der Waals surface area contributed by atoms with Crippen molar-refractivity contribution in [2.75, 3.05) is 0 Å². The average Bonchev–Trinajstić information content (AvgIpc) is 2.64. The van der Waals surface area contributed by atoms with Gasteiger partial charge in [0.2, 0.25) is 11.8 Å². The molecule has 0 aromatic heterocycles. The van der Waals surface area contributed by atoms with Crippen LogP contribution in [0, 0.1) is 0 Å². The number of carbonyl (C=O) groups is 2. The van der Waals surface area contributed by atoms with E-state index in [0.717, 1.165) is 12.8 Å². The van der Waals surface area contributed by atoms with Crippen molar-refractivity contribution >= 4 is 11.8 Å². The van der Waals surface area contributed by atoms with Gasteiger partial charge in [0.25, 0.3) is 0 Å². The summed E-state index contributed by atoms with van der Waals surface area (Å²) >= 11 is 0. The molecular weight excluding hydrogens is 206 g/mol. The lowest BCUT2D eigenvalue weighted by molar-refractivity contribution is -0.139. The molecule has 2 fully saturated rings. The molecule has 0 bridgehead atoms. The maximum absolute atomic E-state index is 12.2. The molecule has 90 valence electrons. The van der Waals surface area contributed by atoms with Crippen LogP contribution >= 0.6 is 0 Å². The molecule has 0 aliphatic carbocycles. The Balaban J connectivity index is 2.04. The molecule has 0 radical (unpaired) electrons. The lowest BCUT2D eigenvalue weighted by Crippen LogP contribution is -2.54. The van der Waals surface area contributed by atoms with Crippen LogP contribution in [0.5, 0.6) is 0 Å². The first kappa shape index (κ1) is 11.4. The van der Waals surface area contributed by atoms with Gasteiger partial charge in [-0.3, -0.25) is 15.0 Å². The molecule has 0 aromatic carbocycles. The van der Waals surface area contributed by atoms with Gasteiger partial charge in [-0.15, -0.1) is 0 Å². The van der Waals surface area contributed by atoms with Crippen molar-refractivity contribution in [1.82, 2.24) is 15.8 Å². The van der Waals surface area contributed by atoms with Crippen LogP contribution in [-0.4, -0.2) is 34.8 Å². The minimum atomic E-state index is -0.379. The van der Waals surface area contributed by atoms with Crippen LogP contribution in [0.2, 0.25) is 0 Å². The molecule has 3 atom stereocenters. The number of likely N-dealkylation sites (tertiary alicyclic amines) is 1. The fourth-order valence-corrected chi connectivity index (χ4v) is 2.64. The van der Waals surface area contributed by atoms with E-state index in [4.69, 9.17) is 0 Å². The molecule has 2 heterocycles. The van der Waals surface area contributed by atoms with E-state index in [-0.39, 0.29) is 36.4 Å². The number of piperidine rings is 1. The third kappa shape index (κ3) is 2.04. The molecule has 2 aliphatic heterocycles. The van der Waals surface area contributed by atoms with E-state index in [0.29, 0.717) is 0 Å². The van der Waals surface area contributed by atoms with E-state index in [1.165, 1.54) is 6.42 Å². The number of hydrazine groups is 1. The predicted octanol–water partition coefficient (Wildman–Crippen LogP) is 0.169. The zero-order chi connectivity index (χ0) is 11.7. The Hall–Kier alpha value is -1.10. The number of amides is 2. The number of nitrogens with zero attached hydrogens (tertiary/aromatic N) is 1. The molecule has 2 amide bonds. The maximum Gasteiger partial charge on any atom is 0.242 e. The molecule has 5 heteroatoms. The highest BCUT2D eigenvalue weighted by atomic mass is 16.2. The monoisotopic (exact) mass is 225 g/mol. The Labute approximate surface area is 95.5 Å². The molecule has 2 rings (SSSR count). The zero-order valence-corrected chi connectivity index (χ0v) is 9.82. The van der Waals surface area contributed by atoms with Gasteiger partial charge in [0, 0.05) is 12.1 Å². The standard InChI is InChI=1S/C11H19N3O2/c1-7-4-3-5-8(2)14(7)11(16)9-6-10(15)13-12-9/h7-9,12H,3-6H2,1-2H3,(H,13,15). The van der Waals surface area contributed by atoms with E-state index < -0.39 is 0 Å². The van der Waals surface area contributed by atoms with Crippen LogP contribution in [0.15, 0.2) is 0 Å². The summed E-state index contributed by atoms with van der Waals surface area (Å²) in [5.74, 6) is -0.0475. The van der Waals surface area contributed by atoms with Gasteiger partial charge in [-0.1, -0.05) is 0 Å². The molecule has 5 nitrogen and oxygen atoms in total. The van der Waals surface area contributed by atoms with Crippen LogP contribution in [0.4, 0.5) is 0 Å². The van der Waals surface area contributed by atoms with Crippen molar-refractivity contribution in [3.8, 4) is 0 Å². The average molecular weight is 225 g/mol. The van der Waals surface area contributed by atoms with Crippen molar-refractivity contribution in [3.63, 3.8) is 0 Å². The first-order valence-electron chi connectivity index (χ1n) is 5.96. The van der Waals surface area contributed by atoms with E-state index in [1.54, 1.807) is 0 Å². The van der Waals surface area contributed by atoms with Crippen molar-refractivity contribution in [2.24, 2.45) is 0 Å². The second kappa shape index (κ2) is 4.41. The van der Waals surface area contributed by atoms with Gasteiger partial charge in [-0.2, -0.15) is 0 Å². The second-order valence-electron chi connectivity index (χ2n) is 4.82. The summed E-state index contributed by atoms with van der Waals surface area (Å²) in [6.07, 6.45) is 3.56. The van der Waals surface area contributed by atoms with Gasteiger partial charge in [0.15, 0.2) is 0 Å². The Kier molecular flexibility index (Phi) is 3.14. The summed E-state index contributed by atoms with van der Waals surface area (Å²) < 4.78 is 0. The summed E-state index contributed by atoms with van der Waals surface area (Å²) in [7, 11) is 0. The molecule has 2 saturated heterocycles. The van der Waals surface area contributed by atoms with Gasteiger partial charge in [-0.05, 0) is 33.1 Å². The lowest BCUT2D eigenvalue weighted by Gasteiger charge is -2.40. The van der Waals surface area contributed by atoms with Crippen molar-refractivity contribution in [2.45, 2.75) is 57.7 Å². The van der Waals surface area contributed by atoms with Crippen LogP contribution in [0.1, 0.15) is 39.5 Å². The third-order valence-electron chi connectivity index (χ3n) is 3.52. The molecule has 2 N–H and O–H groups in total. The number of nitrogens with one attached hydrogen (secondary N) is 2. The molecular formula is C11H19N3O2. The minimum absolute atomic E-state index is 0.0538. The van der Waals surface area contributed by atoms with E-state index in [1.807, 2.05) is 4.90 Å². The summed E-state index contributed by atoms with van der Waals surface area (Å²) in [5.41, 5.74) is 5.24. The van der Waals surface area contributed by atoms with Gasteiger partial charge < -0.3 is 4.90 Å². The quantitative estimate of drug-likeness (QED) is 0.668. The Morgan fingerprint density at radius 3 is 2.44 bits per heavy atom. The molecule has 0 aromatic rings. The lowest BCUT2D eigenvalue weighted by atomic mass is 9.96.